The average molecular weight is 527 g/mol. The third kappa shape index (κ3) is 4.48. The summed E-state index contributed by atoms with van der Waals surface area (Å²) in [5.41, 5.74) is 4.73. The van der Waals surface area contributed by atoms with Gasteiger partial charge in [-0.3, -0.25) is 0 Å². The second kappa shape index (κ2) is 9.12. The van der Waals surface area contributed by atoms with Gasteiger partial charge in [-0.2, -0.15) is 13.2 Å². The van der Waals surface area contributed by atoms with Gasteiger partial charge in [-0.1, -0.05) is 54.1 Å². The maximum Gasteiger partial charge on any atom is 0.402 e. The molecule has 0 aliphatic carbocycles. The first-order chi connectivity index (χ1) is 18.6. The zero-order valence-electron chi connectivity index (χ0n) is 21.6. The molecule has 2 aromatic heterocycles. The zero-order valence-corrected chi connectivity index (χ0v) is 21.6. The van der Waals surface area contributed by atoms with Gasteiger partial charge in [-0.15, -0.1) is 0 Å². The van der Waals surface area contributed by atoms with Crippen molar-refractivity contribution in [2.45, 2.75) is 38.8 Å². The molecule has 6 rings (SSSR count). The van der Waals surface area contributed by atoms with Crippen LogP contribution in [0.15, 0.2) is 93.8 Å². The number of alkyl halides is 3. The molecule has 0 N–H and O–H groups in total. The Morgan fingerprint density at radius 3 is 1.79 bits per heavy atom. The SMILES string of the molecule is Cc1ccc(C(C)(c2ccc(-c3nc4cc(Cc5ccc6oc(C)nc6c5)ccc4o3)cc2)C(F)(F)F)cc1. The Labute approximate surface area is 223 Å². The van der Waals surface area contributed by atoms with E-state index in [9.17, 15) is 13.2 Å². The van der Waals surface area contributed by atoms with Crippen LogP contribution in [0, 0.1) is 13.8 Å². The maximum absolute atomic E-state index is 14.4. The lowest BCUT2D eigenvalue weighted by Crippen LogP contribution is -2.40. The third-order valence-corrected chi connectivity index (χ3v) is 7.32. The molecule has 0 bridgehead atoms. The minimum Gasteiger partial charge on any atom is -0.441 e. The predicted molar refractivity (Wildman–Crippen MR) is 145 cm³/mol. The van der Waals surface area contributed by atoms with Crippen molar-refractivity contribution < 1.29 is 22.0 Å². The van der Waals surface area contributed by atoms with E-state index in [2.05, 4.69) is 9.97 Å². The number of fused-ring (bicyclic) bond motifs is 2. The summed E-state index contributed by atoms with van der Waals surface area (Å²) in [6, 6.07) is 24.5. The molecular weight excluding hydrogens is 501 g/mol. The topological polar surface area (TPSA) is 52.1 Å². The van der Waals surface area contributed by atoms with Crippen LogP contribution in [0.4, 0.5) is 13.2 Å². The summed E-state index contributed by atoms with van der Waals surface area (Å²) in [7, 11) is 0. The van der Waals surface area contributed by atoms with E-state index in [1.54, 1.807) is 36.4 Å². The van der Waals surface area contributed by atoms with Gasteiger partial charge in [-0.05, 0) is 78.9 Å². The molecule has 196 valence electrons. The highest BCUT2D eigenvalue weighted by molar-refractivity contribution is 5.77. The van der Waals surface area contributed by atoms with Gasteiger partial charge in [0.2, 0.25) is 5.89 Å². The number of hydrogen-bond acceptors (Lipinski definition) is 4. The van der Waals surface area contributed by atoms with Crippen molar-refractivity contribution in [2.24, 2.45) is 0 Å². The smallest absolute Gasteiger partial charge is 0.402 e. The third-order valence-electron chi connectivity index (χ3n) is 7.32. The van der Waals surface area contributed by atoms with Crippen molar-refractivity contribution in [3.63, 3.8) is 0 Å². The van der Waals surface area contributed by atoms with E-state index in [1.807, 2.05) is 50.2 Å². The van der Waals surface area contributed by atoms with Gasteiger partial charge in [0.25, 0.3) is 0 Å². The van der Waals surface area contributed by atoms with Crippen molar-refractivity contribution >= 4 is 22.2 Å². The Balaban J connectivity index is 1.29. The van der Waals surface area contributed by atoms with Crippen LogP contribution >= 0.6 is 0 Å². The largest absolute Gasteiger partial charge is 0.441 e. The molecule has 1 atom stereocenters. The monoisotopic (exact) mass is 526 g/mol. The Hall–Kier alpha value is -4.39. The van der Waals surface area contributed by atoms with Gasteiger partial charge < -0.3 is 8.83 Å². The van der Waals surface area contributed by atoms with E-state index in [0.717, 1.165) is 27.8 Å². The molecule has 4 nitrogen and oxygen atoms in total. The molecule has 0 amide bonds. The summed E-state index contributed by atoms with van der Waals surface area (Å²) < 4.78 is 54.6. The first-order valence-corrected chi connectivity index (χ1v) is 12.6. The summed E-state index contributed by atoms with van der Waals surface area (Å²) in [5.74, 6) is 0.988. The normalized spacial score (nSPS) is 13.7. The fourth-order valence-electron chi connectivity index (χ4n) is 4.97. The van der Waals surface area contributed by atoms with Crippen molar-refractivity contribution in [3.05, 3.63) is 119 Å². The number of hydrogen-bond donors (Lipinski definition) is 0. The van der Waals surface area contributed by atoms with Gasteiger partial charge >= 0.3 is 6.18 Å². The second-order valence-electron chi connectivity index (χ2n) is 10.1. The fraction of sp³-hybridized carbons (Fsp3) is 0.188. The number of halogens is 3. The zero-order chi connectivity index (χ0) is 27.4. The summed E-state index contributed by atoms with van der Waals surface area (Å²) in [5, 5.41) is 0. The Morgan fingerprint density at radius 2 is 1.21 bits per heavy atom. The van der Waals surface area contributed by atoms with Crippen molar-refractivity contribution in [1.82, 2.24) is 9.97 Å². The summed E-state index contributed by atoms with van der Waals surface area (Å²) in [6.45, 7) is 4.89. The molecule has 39 heavy (non-hydrogen) atoms. The molecule has 0 spiro atoms. The lowest BCUT2D eigenvalue weighted by molar-refractivity contribution is -0.173. The number of benzene rings is 4. The van der Waals surface area contributed by atoms with E-state index >= 15 is 0 Å². The van der Waals surface area contributed by atoms with Crippen LogP contribution in [0.2, 0.25) is 0 Å². The number of aryl methyl sites for hydroxylation is 2. The van der Waals surface area contributed by atoms with E-state index in [4.69, 9.17) is 8.83 Å². The van der Waals surface area contributed by atoms with Gasteiger partial charge in [0.15, 0.2) is 17.1 Å². The van der Waals surface area contributed by atoms with Gasteiger partial charge in [0.1, 0.15) is 16.4 Å². The van der Waals surface area contributed by atoms with E-state index in [-0.39, 0.29) is 11.1 Å². The van der Waals surface area contributed by atoms with E-state index in [1.165, 1.54) is 19.1 Å². The van der Waals surface area contributed by atoms with Gasteiger partial charge in [0, 0.05) is 12.5 Å². The molecule has 0 saturated carbocycles. The second-order valence-corrected chi connectivity index (χ2v) is 10.1. The Kier molecular flexibility index (Phi) is 5.83. The number of rotatable bonds is 5. The van der Waals surface area contributed by atoms with Crippen LogP contribution in [-0.2, 0) is 11.8 Å². The van der Waals surface area contributed by atoms with Crippen molar-refractivity contribution in [1.29, 1.82) is 0 Å². The molecule has 6 aromatic rings. The first-order valence-electron chi connectivity index (χ1n) is 12.6. The van der Waals surface area contributed by atoms with E-state index < -0.39 is 11.6 Å². The molecule has 4 aromatic carbocycles. The molecule has 7 heteroatoms. The number of nitrogens with zero attached hydrogens (tertiary/aromatic N) is 2. The molecule has 0 aliphatic rings. The van der Waals surface area contributed by atoms with Gasteiger partial charge in [-0.25, -0.2) is 9.97 Å². The highest BCUT2D eigenvalue weighted by Crippen LogP contribution is 2.46. The highest BCUT2D eigenvalue weighted by atomic mass is 19.4. The molecule has 0 aliphatic heterocycles. The van der Waals surface area contributed by atoms with Crippen LogP contribution in [0.5, 0.6) is 0 Å². The minimum atomic E-state index is -4.48. The molecule has 0 fully saturated rings. The quantitative estimate of drug-likeness (QED) is 0.225. The van der Waals surface area contributed by atoms with Crippen molar-refractivity contribution in [3.8, 4) is 11.5 Å². The van der Waals surface area contributed by atoms with Crippen LogP contribution in [0.3, 0.4) is 0 Å². The molecule has 1 unspecified atom stereocenters. The predicted octanol–water partition coefficient (Wildman–Crippen LogP) is 8.71. The van der Waals surface area contributed by atoms with E-state index in [0.29, 0.717) is 34.9 Å². The maximum atomic E-state index is 14.4. The van der Waals surface area contributed by atoms with Crippen molar-refractivity contribution in [2.75, 3.05) is 0 Å². The van der Waals surface area contributed by atoms with Gasteiger partial charge in [0.05, 0.1) is 0 Å². The lowest BCUT2D eigenvalue weighted by Gasteiger charge is -2.33. The fourth-order valence-corrected chi connectivity index (χ4v) is 4.97. The lowest BCUT2D eigenvalue weighted by atomic mass is 9.75. The highest BCUT2D eigenvalue weighted by Gasteiger charge is 2.53. The van der Waals surface area contributed by atoms with Crippen LogP contribution in [0.25, 0.3) is 33.7 Å². The van der Waals surface area contributed by atoms with Crippen LogP contribution in [-0.4, -0.2) is 16.1 Å². The first kappa shape index (κ1) is 24.9. The van der Waals surface area contributed by atoms with Crippen LogP contribution < -0.4 is 0 Å². The molecule has 0 radical (unpaired) electrons. The molecule has 2 heterocycles. The summed E-state index contributed by atoms with van der Waals surface area (Å²) in [4.78, 5) is 9.03. The Bertz CT molecular complexity index is 1800. The standard InChI is InChI=1S/C32H25F3N2O2/c1-19-4-10-24(11-5-19)31(3,32(33,34)35)25-12-8-23(9-13-25)30-37-27-18-22(7-15-29(27)39-30)16-21-6-14-28-26(17-21)36-20(2)38-28/h4-15,17-18H,16H2,1-3H3. The molecule has 0 saturated heterocycles. The summed E-state index contributed by atoms with van der Waals surface area (Å²) in [6.07, 6.45) is -3.79. The minimum absolute atomic E-state index is 0.153. The number of aromatic nitrogens is 2. The number of oxazole rings is 2. The Morgan fingerprint density at radius 1 is 0.667 bits per heavy atom. The average Bonchev–Trinajstić information content (AvgIpc) is 3.50. The molecular formula is C32H25F3N2O2. The van der Waals surface area contributed by atoms with Crippen LogP contribution in [0.1, 0.15) is 40.6 Å². The summed E-state index contributed by atoms with van der Waals surface area (Å²) >= 11 is 0.